The zero-order valence-corrected chi connectivity index (χ0v) is 9.93. The lowest BCUT2D eigenvalue weighted by atomic mass is 10.1. The molecule has 0 heterocycles. The fourth-order valence-corrected chi connectivity index (χ4v) is 1.61. The number of hydrogen-bond acceptors (Lipinski definition) is 4. The average molecular weight is 275 g/mol. The van der Waals surface area contributed by atoms with Crippen molar-refractivity contribution in [3.05, 3.63) is 63.7 Å². The normalized spacial score (nSPS) is 9.85. The SMILES string of the molecule is N#Cc1cc(Nc2cc(F)ccc2F)ccc1[N+](=O)[O-]. The van der Waals surface area contributed by atoms with E-state index < -0.39 is 16.6 Å². The average Bonchev–Trinajstić information content (AvgIpc) is 2.42. The molecule has 7 heteroatoms. The maximum atomic E-state index is 13.4. The Morgan fingerprint density at radius 3 is 2.60 bits per heavy atom. The summed E-state index contributed by atoms with van der Waals surface area (Å²) < 4.78 is 26.5. The van der Waals surface area contributed by atoms with Gasteiger partial charge in [-0.3, -0.25) is 10.1 Å². The van der Waals surface area contributed by atoms with Crippen molar-refractivity contribution in [1.82, 2.24) is 0 Å². The van der Waals surface area contributed by atoms with Crippen LogP contribution in [0.3, 0.4) is 0 Å². The summed E-state index contributed by atoms with van der Waals surface area (Å²) in [5.74, 6) is -1.31. The highest BCUT2D eigenvalue weighted by Crippen LogP contribution is 2.25. The van der Waals surface area contributed by atoms with Crippen LogP contribution in [0.15, 0.2) is 36.4 Å². The summed E-state index contributed by atoms with van der Waals surface area (Å²) in [6.07, 6.45) is 0. The number of anilines is 2. The molecule has 2 rings (SSSR count). The van der Waals surface area contributed by atoms with E-state index in [0.29, 0.717) is 0 Å². The third-order valence-electron chi connectivity index (χ3n) is 2.52. The van der Waals surface area contributed by atoms with Gasteiger partial charge in [0.05, 0.1) is 10.6 Å². The first-order chi connectivity index (χ1) is 9.51. The Morgan fingerprint density at radius 1 is 1.20 bits per heavy atom. The molecule has 0 atom stereocenters. The number of benzene rings is 2. The van der Waals surface area contributed by atoms with Crippen molar-refractivity contribution in [2.24, 2.45) is 0 Å². The van der Waals surface area contributed by atoms with Crippen LogP contribution in [-0.2, 0) is 0 Å². The molecule has 2 aromatic rings. The van der Waals surface area contributed by atoms with E-state index in [0.717, 1.165) is 24.3 Å². The Hall–Kier alpha value is -3.01. The molecule has 100 valence electrons. The van der Waals surface area contributed by atoms with Gasteiger partial charge >= 0.3 is 0 Å². The molecule has 0 radical (unpaired) electrons. The summed E-state index contributed by atoms with van der Waals surface area (Å²) in [5.41, 5.74) is -0.394. The lowest BCUT2D eigenvalue weighted by molar-refractivity contribution is -0.385. The highest BCUT2D eigenvalue weighted by molar-refractivity contribution is 5.65. The third-order valence-corrected chi connectivity index (χ3v) is 2.52. The molecular weight excluding hydrogens is 268 g/mol. The largest absolute Gasteiger partial charge is 0.353 e. The molecule has 0 saturated carbocycles. The van der Waals surface area contributed by atoms with Gasteiger partial charge < -0.3 is 5.32 Å². The molecule has 20 heavy (non-hydrogen) atoms. The van der Waals surface area contributed by atoms with Gasteiger partial charge in [0.25, 0.3) is 5.69 Å². The molecule has 0 saturated heterocycles. The standard InChI is InChI=1S/C13H7F2N3O2/c14-9-1-3-11(15)12(6-9)17-10-2-4-13(18(19)20)8(5-10)7-16/h1-6,17H. The van der Waals surface area contributed by atoms with E-state index in [-0.39, 0.29) is 22.6 Å². The second kappa shape index (κ2) is 5.32. The summed E-state index contributed by atoms with van der Waals surface area (Å²) in [4.78, 5) is 9.98. The van der Waals surface area contributed by atoms with Gasteiger partial charge in [0.15, 0.2) is 0 Å². The zero-order valence-electron chi connectivity index (χ0n) is 9.93. The van der Waals surface area contributed by atoms with Crippen LogP contribution in [0.5, 0.6) is 0 Å². The lowest BCUT2D eigenvalue weighted by Gasteiger charge is -2.08. The summed E-state index contributed by atoms with van der Waals surface area (Å²) in [6, 6.07) is 8.18. The molecule has 0 unspecified atom stereocenters. The third kappa shape index (κ3) is 2.70. The van der Waals surface area contributed by atoms with Crippen molar-refractivity contribution >= 4 is 17.1 Å². The number of rotatable bonds is 3. The molecule has 0 aromatic heterocycles. The number of halogens is 2. The van der Waals surface area contributed by atoms with E-state index in [1.807, 2.05) is 0 Å². The molecule has 2 aromatic carbocycles. The Labute approximate surface area is 112 Å². The van der Waals surface area contributed by atoms with Crippen LogP contribution in [0.1, 0.15) is 5.56 Å². The maximum Gasteiger partial charge on any atom is 0.287 e. The predicted molar refractivity (Wildman–Crippen MR) is 67.5 cm³/mol. The van der Waals surface area contributed by atoms with E-state index in [1.165, 1.54) is 12.1 Å². The van der Waals surface area contributed by atoms with Gasteiger partial charge in [-0.1, -0.05) is 0 Å². The van der Waals surface area contributed by atoms with Gasteiger partial charge in [-0.25, -0.2) is 8.78 Å². The number of nitrogens with zero attached hydrogens (tertiary/aromatic N) is 2. The number of nitro groups is 1. The number of nitro benzene ring substituents is 1. The van der Waals surface area contributed by atoms with Crippen molar-refractivity contribution in [2.75, 3.05) is 5.32 Å². The highest BCUT2D eigenvalue weighted by Gasteiger charge is 2.14. The minimum atomic E-state index is -0.689. The molecule has 0 aliphatic heterocycles. The minimum absolute atomic E-state index is 0.122. The summed E-state index contributed by atoms with van der Waals surface area (Å²) >= 11 is 0. The molecule has 5 nitrogen and oxygen atoms in total. The Kier molecular flexibility index (Phi) is 3.57. The van der Waals surface area contributed by atoms with Crippen molar-refractivity contribution in [3.63, 3.8) is 0 Å². The van der Waals surface area contributed by atoms with Gasteiger partial charge in [-0.15, -0.1) is 0 Å². The second-order valence-electron chi connectivity index (χ2n) is 3.85. The summed E-state index contributed by atoms with van der Waals surface area (Å²) in [5, 5.41) is 22.1. The molecule has 0 bridgehead atoms. The number of hydrogen-bond donors (Lipinski definition) is 1. The fourth-order valence-electron chi connectivity index (χ4n) is 1.61. The summed E-state index contributed by atoms with van der Waals surface area (Å²) in [7, 11) is 0. The summed E-state index contributed by atoms with van der Waals surface area (Å²) in [6.45, 7) is 0. The van der Waals surface area contributed by atoms with Crippen molar-refractivity contribution in [2.45, 2.75) is 0 Å². The first-order valence-corrected chi connectivity index (χ1v) is 5.42. The molecule has 0 aliphatic carbocycles. The first kappa shape index (κ1) is 13.4. The van der Waals surface area contributed by atoms with Crippen LogP contribution in [-0.4, -0.2) is 4.92 Å². The first-order valence-electron chi connectivity index (χ1n) is 5.42. The minimum Gasteiger partial charge on any atom is -0.353 e. The number of nitrogens with one attached hydrogen (secondary N) is 1. The van der Waals surface area contributed by atoms with E-state index in [9.17, 15) is 18.9 Å². The van der Waals surface area contributed by atoms with Crippen LogP contribution < -0.4 is 5.32 Å². The lowest BCUT2D eigenvalue weighted by Crippen LogP contribution is -1.97. The second-order valence-corrected chi connectivity index (χ2v) is 3.85. The fraction of sp³-hybridized carbons (Fsp3) is 0. The maximum absolute atomic E-state index is 13.4. The molecular formula is C13H7F2N3O2. The van der Waals surface area contributed by atoms with Crippen LogP contribution in [0.2, 0.25) is 0 Å². The van der Waals surface area contributed by atoms with Crippen LogP contribution >= 0.6 is 0 Å². The molecule has 0 amide bonds. The van der Waals surface area contributed by atoms with E-state index in [4.69, 9.17) is 5.26 Å². The van der Waals surface area contributed by atoms with Gasteiger partial charge in [0.1, 0.15) is 23.3 Å². The molecule has 0 fully saturated rings. The topological polar surface area (TPSA) is 79.0 Å². The van der Waals surface area contributed by atoms with E-state index >= 15 is 0 Å². The van der Waals surface area contributed by atoms with Crippen LogP contribution in [0.25, 0.3) is 0 Å². The van der Waals surface area contributed by atoms with Crippen LogP contribution in [0, 0.1) is 33.1 Å². The Balaban J connectivity index is 2.38. The highest BCUT2D eigenvalue weighted by atomic mass is 19.1. The Morgan fingerprint density at radius 2 is 1.95 bits per heavy atom. The van der Waals surface area contributed by atoms with Gasteiger partial charge in [-0.05, 0) is 24.3 Å². The van der Waals surface area contributed by atoms with Gasteiger partial charge in [0, 0.05) is 17.8 Å². The monoisotopic (exact) mass is 275 g/mol. The molecule has 0 spiro atoms. The quantitative estimate of drug-likeness (QED) is 0.687. The molecule has 0 aliphatic rings. The smallest absolute Gasteiger partial charge is 0.287 e. The van der Waals surface area contributed by atoms with E-state index in [1.54, 1.807) is 6.07 Å². The van der Waals surface area contributed by atoms with Gasteiger partial charge in [-0.2, -0.15) is 5.26 Å². The van der Waals surface area contributed by atoms with Crippen molar-refractivity contribution in [1.29, 1.82) is 5.26 Å². The van der Waals surface area contributed by atoms with E-state index in [2.05, 4.69) is 5.32 Å². The zero-order chi connectivity index (χ0) is 14.7. The Bertz CT molecular complexity index is 726. The van der Waals surface area contributed by atoms with Crippen molar-refractivity contribution < 1.29 is 13.7 Å². The molecule has 1 N–H and O–H groups in total. The van der Waals surface area contributed by atoms with Crippen LogP contribution in [0.4, 0.5) is 25.8 Å². The van der Waals surface area contributed by atoms with Crippen molar-refractivity contribution in [3.8, 4) is 6.07 Å². The van der Waals surface area contributed by atoms with Gasteiger partial charge in [0.2, 0.25) is 0 Å². The predicted octanol–water partition coefficient (Wildman–Crippen LogP) is 3.49. The number of nitriles is 1.